The summed E-state index contributed by atoms with van der Waals surface area (Å²) in [5.74, 6) is 0. The zero-order chi connectivity index (χ0) is 6.81. The fourth-order valence-electron chi connectivity index (χ4n) is 1.36. The van der Waals surface area contributed by atoms with Gasteiger partial charge in [-0.1, -0.05) is 0 Å². The van der Waals surface area contributed by atoms with Gasteiger partial charge in [0.25, 0.3) is 0 Å². The molecule has 4 heteroatoms. The lowest BCUT2D eigenvalue weighted by atomic mass is 10.2. The lowest BCUT2D eigenvalue weighted by Gasteiger charge is -2.21. The predicted molar refractivity (Wildman–Crippen MR) is 38.5 cm³/mol. The van der Waals surface area contributed by atoms with Gasteiger partial charge in [-0.2, -0.15) is 0 Å². The van der Waals surface area contributed by atoms with Crippen molar-refractivity contribution in [3.05, 3.63) is 12.4 Å². The number of nitrogens with zero attached hydrogens (tertiary/aromatic N) is 1. The first kappa shape index (κ1) is 6.00. The Balaban J connectivity index is 1.91. The molecule has 3 N–H and O–H groups in total. The van der Waals surface area contributed by atoms with E-state index in [1.807, 2.05) is 12.4 Å². The molecule has 0 aliphatic carbocycles. The lowest BCUT2D eigenvalue weighted by Crippen LogP contribution is -2.43. The van der Waals surface area contributed by atoms with Crippen molar-refractivity contribution in [2.75, 3.05) is 13.1 Å². The van der Waals surface area contributed by atoms with Crippen LogP contribution in [0.15, 0.2) is 12.4 Å². The maximum atomic E-state index is 3.31. The van der Waals surface area contributed by atoms with E-state index in [1.165, 1.54) is 6.42 Å². The molecule has 0 aromatic rings. The molecule has 2 aliphatic heterocycles. The van der Waals surface area contributed by atoms with E-state index in [4.69, 9.17) is 0 Å². The molecular formula is C6H12N4. The maximum Gasteiger partial charge on any atom is 0.0602 e. The average Bonchev–Trinajstić information content (AvgIpc) is 2.59. The van der Waals surface area contributed by atoms with Crippen LogP contribution in [0.3, 0.4) is 0 Å². The van der Waals surface area contributed by atoms with Crippen LogP contribution < -0.4 is 16.3 Å². The number of hydrazine groups is 2. The van der Waals surface area contributed by atoms with E-state index in [0.717, 1.165) is 13.1 Å². The van der Waals surface area contributed by atoms with Crippen LogP contribution in [0.25, 0.3) is 0 Å². The molecule has 0 radical (unpaired) electrons. The van der Waals surface area contributed by atoms with Gasteiger partial charge in [0.1, 0.15) is 0 Å². The van der Waals surface area contributed by atoms with Crippen molar-refractivity contribution in [1.29, 1.82) is 0 Å². The first-order valence-corrected chi connectivity index (χ1v) is 3.64. The van der Waals surface area contributed by atoms with Gasteiger partial charge >= 0.3 is 0 Å². The second-order valence-electron chi connectivity index (χ2n) is 2.63. The SMILES string of the molecule is C1=CN(C2CCNC2)NN1. The van der Waals surface area contributed by atoms with E-state index in [-0.39, 0.29) is 0 Å². The highest BCUT2D eigenvalue weighted by Gasteiger charge is 2.20. The molecule has 0 aromatic heterocycles. The van der Waals surface area contributed by atoms with Crippen LogP contribution in [0.4, 0.5) is 0 Å². The van der Waals surface area contributed by atoms with Gasteiger partial charge < -0.3 is 10.7 Å². The molecule has 0 saturated carbocycles. The van der Waals surface area contributed by atoms with Gasteiger partial charge in [-0.25, -0.2) is 0 Å². The Labute approximate surface area is 60.2 Å². The Kier molecular flexibility index (Phi) is 1.49. The molecule has 1 atom stereocenters. The number of rotatable bonds is 1. The molecule has 0 spiro atoms. The van der Waals surface area contributed by atoms with E-state index >= 15 is 0 Å². The Bertz CT molecular complexity index is 139. The third-order valence-corrected chi connectivity index (χ3v) is 1.94. The smallest absolute Gasteiger partial charge is 0.0602 e. The first-order valence-electron chi connectivity index (χ1n) is 3.64. The Morgan fingerprint density at radius 3 is 3.10 bits per heavy atom. The minimum absolute atomic E-state index is 0.617. The Morgan fingerprint density at radius 1 is 1.50 bits per heavy atom. The number of nitrogens with one attached hydrogen (secondary N) is 3. The van der Waals surface area contributed by atoms with Gasteiger partial charge in [-0.05, 0) is 13.0 Å². The molecule has 2 rings (SSSR count). The topological polar surface area (TPSA) is 39.3 Å². The molecule has 56 valence electrons. The highest BCUT2D eigenvalue weighted by atomic mass is 15.7. The van der Waals surface area contributed by atoms with Gasteiger partial charge in [0.05, 0.1) is 6.04 Å². The van der Waals surface area contributed by atoms with Crippen LogP contribution in [0.5, 0.6) is 0 Å². The van der Waals surface area contributed by atoms with Crippen molar-refractivity contribution in [2.24, 2.45) is 0 Å². The fraction of sp³-hybridized carbons (Fsp3) is 0.667. The molecule has 1 saturated heterocycles. The monoisotopic (exact) mass is 140 g/mol. The van der Waals surface area contributed by atoms with Crippen LogP contribution in [-0.4, -0.2) is 24.1 Å². The molecule has 0 aromatic carbocycles. The molecule has 2 heterocycles. The second kappa shape index (κ2) is 2.48. The molecule has 2 aliphatic rings. The van der Waals surface area contributed by atoms with Crippen molar-refractivity contribution in [1.82, 2.24) is 21.3 Å². The van der Waals surface area contributed by atoms with Gasteiger partial charge in [-0.3, -0.25) is 5.01 Å². The third kappa shape index (κ3) is 0.955. The molecule has 4 nitrogen and oxygen atoms in total. The summed E-state index contributed by atoms with van der Waals surface area (Å²) in [5, 5.41) is 5.40. The van der Waals surface area contributed by atoms with Crippen LogP contribution in [0.2, 0.25) is 0 Å². The molecule has 10 heavy (non-hydrogen) atoms. The third-order valence-electron chi connectivity index (χ3n) is 1.94. The molecule has 0 amide bonds. The molecule has 0 bridgehead atoms. The van der Waals surface area contributed by atoms with Crippen molar-refractivity contribution >= 4 is 0 Å². The van der Waals surface area contributed by atoms with Crippen LogP contribution in [-0.2, 0) is 0 Å². The maximum absolute atomic E-state index is 3.31. The summed E-state index contributed by atoms with van der Waals surface area (Å²) in [6.45, 7) is 2.22. The van der Waals surface area contributed by atoms with Gasteiger partial charge in [0.2, 0.25) is 0 Å². The van der Waals surface area contributed by atoms with Crippen LogP contribution in [0, 0.1) is 0 Å². The van der Waals surface area contributed by atoms with E-state index in [1.54, 1.807) is 0 Å². The zero-order valence-electron chi connectivity index (χ0n) is 5.80. The van der Waals surface area contributed by atoms with Gasteiger partial charge in [-0.15, -0.1) is 5.53 Å². The summed E-state index contributed by atoms with van der Waals surface area (Å²) in [7, 11) is 0. The van der Waals surface area contributed by atoms with Gasteiger partial charge in [0.15, 0.2) is 0 Å². The van der Waals surface area contributed by atoms with E-state index in [0.29, 0.717) is 6.04 Å². The van der Waals surface area contributed by atoms with Crippen molar-refractivity contribution < 1.29 is 0 Å². The quantitative estimate of drug-likeness (QED) is 0.443. The summed E-state index contributed by atoms with van der Waals surface area (Å²) in [6.07, 6.45) is 5.15. The average molecular weight is 140 g/mol. The lowest BCUT2D eigenvalue weighted by molar-refractivity contribution is 0.208. The minimum Gasteiger partial charge on any atom is -0.315 e. The Hall–Kier alpha value is -0.740. The number of hydrogen-bond donors (Lipinski definition) is 3. The molecular weight excluding hydrogens is 128 g/mol. The van der Waals surface area contributed by atoms with Crippen LogP contribution >= 0.6 is 0 Å². The Morgan fingerprint density at radius 2 is 2.50 bits per heavy atom. The summed E-state index contributed by atoms with van der Waals surface area (Å²) < 4.78 is 0. The minimum atomic E-state index is 0.617. The van der Waals surface area contributed by atoms with Crippen LogP contribution in [0.1, 0.15) is 6.42 Å². The van der Waals surface area contributed by atoms with Crippen molar-refractivity contribution in [3.8, 4) is 0 Å². The summed E-state index contributed by atoms with van der Waals surface area (Å²) in [4.78, 5) is 0. The number of hydrogen-bond acceptors (Lipinski definition) is 4. The first-order chi connectivity index (χ1) is 4.97. The van der Waals surface area contributed by atoms with Gasteiger partial charge in [0, 0.05) is 18.9 Å². The zero-order valence-corrected chi connectivity index (χ0v) is 5.80. The molecule has 1 fully saturated rings. The van der Waals surface area contributed by atoms with E-state index in [9.17, 15) is 0 Å². The highest BCUT2D eigenvalue weighted by molar-refractivity contribution is 4.90. The predicted octanol–water partition coefficient (Wildman–Crippen LogP) is -0.856. The normalized spacial score (nSPS) is 31.2. The molecule has 1 unspecified atom stereocenters. The largest absolute Gasteiger partial charge is 0.315 e. The standard InChI is InChI=1S/C6H12N4/c1-2-7-5-6(1)10-4-3-8-9-10/h3-4,6-9H,1-2,5H2. The fourth-order valence-corrected chi connectivity index (χ4v) is 1.36. The van der Waals surface area contributed by atoms with Crippen molar-refractivity contribution in [2.45, 2.75) is 12.5 Å². The second-order valence-corrected chi connectivity index (χ2v) is 2.63. The van der Waals surface area contributed by atoms with E-state index in [2.05, 4.69) is 21.3 Å². The highest BCUT2D eigenvalue weighted by Crippen LogP contribution is 2.06. The van der Waals surface area contributed by atoms with Crippen molar-refractivity contribution in [3.63, 3.8) is 0 Å². The summed E-state index contributed by atoms with van der Waals surface area (Å²) in [6, 6.07) is 0.617. The summed E-state index contributed by atoms with van der Waals surface area (Å²) in [5.41, 5.74) is 5.95. The summed E-state index contributed by atoms with van der Waals surface area (Å²) >= 11 is 0. The van der Waals surface area contributed by atoms with E-state index < -0.39 is 0 Å².